The van der Waals surface area contributed by atoms with Gasteiger partial charge in [-0.2, -0.15) is 0 Å². The van der Waals surface area contributed by atoms with Gasteiger partial charge in [-0.1, -0.05) is 35.9 Å². The lowest BCUT2D eigenvalue weighted by molar-refractivity contribution is -0.131. The van der Waals surface area contributed by atoms with Gasteiger partial charge in [0, 0.05) is 45.7 Å². The van der Waals surface area contributed by atoms with Crippen LogP contribution in [0.3, 0.4) is 0 Å². The molecule has 6 nitrogen and oxygen atoms in total. The molecule has 1 fully saturated rings. The summed E-state index contributed by atoms with van der Waals surface area (Å²) >= 11 is 0. The topological polar surface area (TPSA) is 60.9 Å². The summed E-state index contributed by atoms with van der Waals surface area (Å²) in [5.41, 5.74) is 4.53. The third-order valence-corrected chi connectivity index (χ3v) is 6.49. The highest BCUT2D eigenvalue weighted by Gasteiger charge is 2.35. The Labute approximate surface area is 189 Å². The lowest BCUT2D eigenvalue weighted by atomic mass is 10.1. The van der Waals surface area contributed by atoms with E-state index >= 15 is 0 Å². The summed E-state index contributed by atoms with van der Waals surface area (Å²) in [6.45, 7) is 8.55. The summed E-state index contributed by atoms with van der Waals surface area (Å²) in [6, 6.07) is 13.8. The number of hydrogen-bond acceptors (Lipinski definition) is 4. The second-order valence-electron chi connectivity index (χ2n) is 8.85. The van der Waals surface area contributed by atoms with E-state index in [-0.39, 0.29) is 24.3 Å². The Morgan fingerprint density at radius 1 is 0.906 bits per heavy atom. The summed E-state index contributed by atoms with van der Waals surface area (Å²) in [6.07, 6.45) is 1.80. The quantitative estimate of drug-likeness (QED) is 0.655. The number of aryl methyl sites for hydroxylation is 2. The molecule has 0 aromatic heterocycles. The molecule has 0 atom stereocenters. The fourth-order valence-electron chi connectivity index (χ4n) is 4.56. The summed E-state index contributed by atoms with van der Waals surface area (Å²) in [5.74, 6) is -0.392. The van der Waals surface area contributed by atoms with E-state index in [0.29, 0.717) is 24.0 Å². The minimum Gasteiger partial charge on any atom is -0.341 e. The van der Waals surface area contributed by atoms with Crippen molar-refractivity contribution >= 4 is 17.7 Å². The third kappa shape index (κ3) is 4.75. The molecule has 168 valence electrons. The molecule has 3 amide bonds. The molecule has 6 heteroatoms. The van der Waals surface area contributed by atoms with Gasteiger partial charge in [0.25, 0.3) is 11.8 Å². The van der Waals surface area contributed by atoms with Gasteiger partial charge in [0.1, 0.15) is 0 Å². The second-order valence-corrected chi connectivity index (χ2v) is 8.85. The van der Waals surface area contributed by atoms with Gasteiger partial charge < -0.3 is 4.90 Å². The number of rotatable bonds is 6. The van der Waals surface area contributed by atoms with Crippen LogP contribution in [0.25, 0.3) is 0 Å². The first-order valence-corrected chi connectivity index (χ1v) is 11.5. The monoisotopic (exact) mass is 433 g/mol. The number of carbonyl (C=O) groups is 3. The van der Waals surface area contributed by atoms with Crippen molar-refractivity contribution in [1.82, 2.24) is 14.7 Å². The van der Waals surface area contributed by atoms with Gasteiger partial charge in [0.2, 0.25) is 5.91 Å². The van der Waals surface area contributed by atoms with E-state index in [1.165, 1.54) is 16.0 Å². The molecular formula is C26H31N3O3. The Morgan fingerprint density at radius 3 is 2.50 bits per heavy atom. The zero-order valence-electron chi connectivity index (χ0n) is 19.0. The molecular weight excluding hydrogens is 402 g/mol. The number of nitrogens with zero attached hydrogens (tertiary/aromatic N) is 3. The number of benzene rings is 2. The van der Waals surface area contributed by atoms with Gasteiger partial charge in [-0.3, -0.25) is 24.2 Å². The van der Waals surface area contributed by atoms with Crippen LogP contribution >= 0.6 is 0 Å². The fraction of sp³-hybridized carbons (Fsp3) is 0.423. The Kier molecular flexibility index (Phi) is 6.70. The van der Waals surface area contributed by atoms with Crippen LogP contribution in [-0.2, 0) is 11.3 Å². The summed E-state index contributed by atoms with van der Waals surface area (Å²) in [4.78, 5) is 43.6. The van der Waals surface area contributed by atoms with Crippen LogP contribution in [0.5, 0.6) is 0 Å². The van der Waals surface area contributed by atoms with Crippen LogP contribution in [0, 0.1) is 13.8 Å². The standard InChI is InChI=1S/C26H31N3O3/c1-19-10-11-22-23(17-19)26(32)29(25(22)31)14-5-9-24(30)28-13-6-12-27(15-16-28)18-21-8-4-3-7-20(21)2/h3-4,7-8,10-11,17H,5-6,9,12-16,18H2,1-2H3. The molecule has 0 spiro atoms. The molecule has 2 aromatic carbocycles. The lowest BCUT2D eigenvalue weighted by Gasteiger charge is -2.23. The maximum absolute atomic E-state index is 12.8. The van der Waals surface area contributed by atoms with E-state index in [2.05, 4.69) is 36.1 Å². The molecule has 4 rings (SSSR count). The first kappa shape index (κ1) is 22.2. The molecule has 2 aromatic rings. The van der Waals surface area contributed by atoms with Crippen molar-refractivity contribution in [2.24, 2.45) is 0 Å². The van der Waals surface area contributed by atoms with Crippen molar-refractivity contribution < 1.29 is 14.4 Å². The molecule has 0 N–H and O–H groups in total. The number of carbonyl (C=O) groups excluding carboxylic acids is 3. The molecule has 2 aliphatic rings. The zero-order chi connectivity index (χ0) is 22.7. The SMILES string of the molecule is Cc1ccc2c(c1)C(=O)N(CCCC(=O)N1CCCN(Cc3ccccc3C)CC1)C2=O. The van der Waals surface area contributed by atoms with Gasteiger partial charge >= 0.3 is 0 Å². The van der Waals surface area contributed by atoms with E-state index in [9.17, 15) is 14.4 Å². The second kappa shape index (κ2) is 9.65. The van der Waals surface area contributed by atoms with E-state index in [4.69, 9.17) is 0 Å². The van der Waals surface area contributed by atoms with Gasteiger partial charge in [0.05, 0.1) is 11.1 Å². The van der Waals surface area contributed by atoms with E-state index in [0.717, 1.165) is 44.7 Å². The molecule has 0 aliphatic carbocycles. The molecule has 0 saturated carbocycles. The summed E-state index contributed by atoms with van der Waals surface area (Å²) in [5, 5.41) is 0. The van der Waals surface area contributed by atoms with Crippen LogP contribution in [0.2, 0.25) is 0 Å². The maximum atomic E-state index is 12.8. The Hall–Kier alpha value is -2.99. The average molecular weight is 434 g/mol. The highest BCUT2D eigenvalue weighted by molar-refractivity contribution is 6.21. The van der Waals surface area contributed by atoms with Crippen LogP contribution in [-0.4, -0.2) is 65.1 Å². The van der Waals surface area contributed by atoms with Crippen LogP contribution in [0.4, 0.5) is 0 Å². The smallest absolute Gasteiger partial charge is 0.261 e. The fourth-order valence-corrected chi connectivity index (χ4v) is 4.56. The van der Waals surface area contributed by atoms with E-state index < -0.39 is 0 Å². The lowest BCUT2D eigenvalue weighted by Crippen LogP contribution is -2.36. The van der Waals surface area contributed by atoms with Crippen LogP contribution in [0.1, 0.15) is 56.7 Å². The highest BCUT2D eigenvalue weighted by atomic mass is 16.2. The van der Waals surface area contributed by atoms with Crippen LogP contribution < -0.4 is 0 Å². The van der Waals surface area contributed by atoms with Crippen molar-refractivity contribution in [1.29, 1.82) is 0 Å². The molecule has 32 heavy (non-hydrogen) atoms. The van der Waals surface area contributed by atoms with Crippen molar-refractivity contribution in [3.8, 4) is 0 Å². The first-order valence-electron chi connectivity index (χ1n) is 11.5. The summed E-state index contributed by atoms with van der Waals surface area (Å²) in [7, 11) is 0. The Bertz CT molecular complexity index is 1030. The van der Waals surface area contributed by atoms with Gasteiger partial charge in [-0.25, -0.2) is 0 Å². The number of fused-ring (bicyclic) bond motifs is 1. The summed E-state index contributed by atoms with van der Waals surface area (Å²) < 4.78 is 0. The third-order valence-electron chi connectivity index (χ3n) is 6.49. The highest BCUT2D eigenvalue weighted by Crippen LogP contribution is 2.24. The van der Waals surface area contributed by atoms with Crippen molar-refractivity contribution in [2.45, 2.75) is 39.7 Å². The minimum atomic E-state index is -0.251. The molecule has 2 heterocycles. The van der Waals surface area contributed by atoms with E-state index in [1.54, 1.807) is 12.1 Å². The van der Waals surface area contributed by atoms with Gasteiger partial charge in [-0.05, 0) is 49.9 Å². The average Bonchev–Trinajstić information content (AvgIpc) is 2.93. The Balaban J connectivity index is 1.26. The molecule has 0 bridgehead atoms. The van der Waals surface area contributed by atoms with Crippen LogP contribution in [0.15, 0.2) is 42.5 Å². The minimum absolute atomic E-state index is 0.107. The normalized spacial score (nSPS) is 16.9. The predicted molar refractivity (Wildman–Crippen MR) is 123 cm³/mol. The first-order chi connectivity index (χ1) is 15.4. The zero-order valence-corrected chi connectivity index (χ0v) is 19.0. The van der Waals surface area contributed by atoms with Gasteiger partial charge in [-0.15, -0.1) is 0 Å². The Morgan fingerprint density at radius 2 is 1.69 bits per heavy atom. The van der Waals surface area contributed by atoms with Crippen molar-refractivity contribution in [3.63, 3.8) is 0 Å². The van der Waals surface area contributed by atoms with Crippen molar-refractivity contribution in [3.05, 3.63) is 70.3 Å². The molecule has 0 radical (unpaired) electrons. The molecule has 0 unspecified atom stereocenters. The van der Waals surface area contributed by atoms with E-state index in [1.807, 2.05) is 17.9 Å². The number of imide groups is 1. The van der Waals surface area contributed by atoms with Gasteiger partial charge in [0.15, 0.2) is 0 Å². The molecule has 2 aliphatic heterocycles. The largest absolute Gasteiger partial charge is 0.341 e. The number of amides is 3. The van der Waals surface area contributed by atoms with Crippen molar-refractivity contribution in [2.75, 3.05) is 32.7 Å². The maximum Gasteiger partial charge on any atom is 0.261 e. The number of hydrogen-bond donors (Lipinski definition) is 0. The molecule has 1 saturated heterocycles. The predicted octanol–water partition coefficient (Wildman–Crippen LogP) is 3.41.